The van der Waals surface area contributed by atoms with Gasteiger partial charge in [0.2, 0.25) is 0 Å². The van der Waals surface area contributed by atoms with Gasteiger partial charge in [-0.25, -0.2) is 15.8 Å². The summed E-state index contributed by atoms with van der Waals surface area (Å²) in [6, 6.07) is 0. The molecule has 0 spiro atoms. The predicted molar refractivity (Wildman–Crippen MR) is 79.1 cm³/mol. The lowest BCUT2D eigenvalue weighted by Gasteiger charge is -2.33. The number of nitrogen functional groups attached to an aromatic ring is 1. The largest absolute Gasteiger partial charge is 0.356 e. The molecule has 0 aromatic carbocycles. The predicted octanol–water partition coefficient (Wildman–Crippen LogP) is 2.34. The summed E-state index contributed by atoms with van der Waals surface area (Å²) >= 11 is 0. The number of nitrogens with one attached hydrogen (secondary N) is 1. The molecule has 0 aliphatic heterocycles. The molecule has 0 saturated heterocycles. The second kappa shape index (κ2) is 6.70. The van der Waals surface area contributed by atoms with Crippen LogP contribution in [-0.4, -0.2) is 23.1 Å². The van der Waals surface area contributed by atoms with Crippen molar-refractivity contribution in [1.82, 2.24) is 9.97 Å². The van der Waals surface area contributed by atoms with Gasteiger partial charge in [0.15, 0.2) is 0 Å². The number of anilines is 2. The third-order valence-corrected chi connectivity index (χ3v) is 3.94. The number of rotatable bonds is 7. The van der Waals surface area contributed by atoms with Crippen molar-refractivity contribution in [3.63, 3.8) is 0 Å². The Morgan fingerprint density at radius 3 is 2.68 bits per heavy atom. The second-order valence-electron chi connectivity index (χ2n) is 5.25. The summed E-state index contributed by atoms with van der Waals surface area (Å²) in [6.07, 6.45) is 7.71. The third kappa shape index (κ3) is 3.15. The van der Waals surface area contributed by atoms with E-state index in [1.54, 1.807) is 6.33 Å². The molecule has 1 aliphatic rings. The van der Waals surface area contributed by atoms with E-state index in [9.17, 15) is 0 Å². The molecule has 0 bridgehead atoms. The Balaban J connectivity index is 2.23. The van der Waals surface area contributed by atoms with E-state index in [2.05, 4.69) is 34.1 Å². The molecule has 0 amide bonds. The molecule has 0 radical (unpaired) electrons. The second-order valence-corrected chi connectivity index (χ2v) is 5.25. The first kappa shape index (κ1) is 14.1. The molecular weight excluding hydrogens is 238 g/mol. The van der Waals surface area contributed by atoms with E-state index >= 15 is 0 Å². The zero-order chi connectivity index (χ0) is 13.7. The minimum atomic E-state index is 0.763. The first-order valence-corrected chi connectivity index (χ1v) is 7.35. The Morgan fingerprint density at radius 1 is 1.37 bits per heavy atom. The van der Waals surface area contributed by atoms with Crippen molar-refractivity contribution in [1.29, 1.82) is 0 Å². The van der Waals surface area contributed by atoms with Gasteiger partial charge in [-0.15, -0.1) is 0 Å². The van der Waals surface area contributed by atoms with E-state index in [1.807, 2.05) is 0 Å². The minimum Gasteiger partial charge on any atom is -0.356 e. The first-order chi connectivity index (χ1) is 9.30. The molecule has 1 heterocycles. The van der Waals surface area contributed by atoms with Crippen LogP contribution in [0.2, 0.25) is 0 Å². The van der Waals surface area contributed by atoms with Crippen LogP contribution in [0, 0.1) is 5.92 Å². The summed E-state index contributed by atoms with van der Waals surface area (Å²) in [5.41, 5.74) is 3.85. The standard InChI is InChI=1S/C14H25N5/c1-3-6-12-13(18-15)16-10-17-14(12)19(4-2)9-11-7-5-8-11/h10-11H,3-9,15H2,1-2H3,(H,16,17,18). The Kier molecular flexibility index (Phi) is 4.96. The summed E-state index contributed by atoms with van der Waals surface area (Å²) in [6.45, 7) is 6.44. The van der Waals surface area contributed by atoms with Crippen LogP contribution in [0.25, 0.3) is 0 Å². The zero-order valence-corrected chi connectivity index (χ0v) is 12.0. The van der Waals surface area contributed by atoms with Gasteiger partial charge in [-0.2, -0.15) is 0 Å². The highest BCUT2D eigenvalue weighted by Gasteiger charge is 2.23. The van der Waals surface area contributed by atoms with Crippen LogP contribution < -0.4 is 16.2 Å². The van der Waals surface area contributed by atoms with Crippen molar-refractivity contribution < 1.29 is 0 Å². The lowest BCUT2D eigenvalue weighted by atomic mass is 9.85. The van der Waals surface area contributed by atoms with Crippen LogP contribution >= 0.6 is 0 Å². The fourth-order valence-corrected chi connectivity index (χ4v) is 2.63. The monoisotopic (exact) mass is 263 g/mol. The molecule has 3 N–H and O–H groups in total. The van der Waals surface area contributed by atoms with E-state index in [-0.39, 0.29) is 0 Å². The van der Waals surface area contributed by atoms with Gasteiger partial charge in [-0.3, -0.25) is 0 Å². The molecular formula is C14H25N5. The molecule has 19 heavy (non-hydrogen) atoms. The van der Waals surface area contributed by atoms with Crippen molar-refractivity contribution >= 4 is 11.6 Å². The van der Waals surface area contributed by atoms with Crippen molar-refractivity contribution in [3.05, 3.63) is 11.9 Å². The maximum absolute atomic E-state index is 5.57. The van der Waals surface area contributed by atoms with Crippen molar-refractivity contribution in [2.24, 2.45) is 11.8 Å². The SMILES string of the molecule is CCCc1c(NN)ncnc1N(CC)CC1CCC1. The van der Waals surface area contributed by atoms with Crippen molar-refractivity contribution in [2.75, 3.05) is 23.4 Å². The summed E-state index contributed by atoms with van der Waals surface area (Å²) in [5, 5.41) is 0. The van der Waals surface area contributed by atoms with Gasteiger partial charge >= 0.3 is 0 Å². The van der Waals surface area contributed by atoms with Crippen molar-refractivity contribution in [2.45, 2.75) is 46.0 Å². The zero-order valence-electron chi connectivity index (χ0n) is 12.0. The van der Waals surface area contributed by atoms with E-state index in [0.717, 1.165) is 49.0 Å². The van der Waals surface area contributed by atoms with E-state index in [1.165, 1.54) is 19.3 Å². The molecule has 106 valence electrons. The van der Waals surface area contributed by atoms with E-state index < -0.39 is 0 Å². The van der Waals surface area contributed by atoms with Gasteiger partial charge < -0.3 is 10.3 Å². The van der Waals surface area contributed by atoms with Gasteiger partial charge in [-0.05, 0) is 32.1 Å². The van der Waals surface area contributed by atoms with E-state index in [4.69, 9.17) is 5.84 Å². The molecule has 1 saturated carbocycles. The maximum atomic E-state index is 5.57. The lowest BCUT2D eigenvalue weighted by molar-refractivity contribution is 0.318. The summed E-state index contributed by atoms with van der Waals surface area (Å²) in [7, 11) is 0. The fourth-order valence-electron chi connectivity index (χ4n) is 2.63. The number of hydrogen-bond acceptors (Lipinski definition) is 5. The topological polar surface area (TPSA) is 67.1 Å². The molecule has 2 rings (SSSR count). The van der Waals surface area contributed by atoms with Crippen molar-refractivity contribution in [3.8, 4) is 0 Å². The fraction of sp³-hybridized carbons (Fsp3) is 0.714. The van der Waals surface area contributed by atoms with Gasteiger partial charge in [0.05, 0.1) is 0 Å². The van der Waals surface area contributed by atoms with Crippen LogP contribution in [0.4, 0.5) is 11.6 Å². The highest BCUT2D eigenvalue weighted by Crippen LogP contribution is 2.30. The molecule has 1 aromatic heterocycles. The smallest absolute Gasteiger partial charge is 0.148 e. The molecule has 1 aromatic rings. The lowest BCUT2D eigenvalue weighted by Crippen LogP contribution is -2.34. The van der Waals surface area contributed by atoms with Gasteiger partial charge in [0.25, 0.3) is 0 Å². The van der Waals surface area contributed by atoms with Crippen LogP contribution in [0.15, 0.2) is 6.33 Å². The first-order valence-electron chi connectivity index (χ1n) is 7.35. The Hall–Kier alpha value is -1.36. The molecule has 5 heteroatoms. The normalized spacial score (nSPS) is 15.1. The number of hydrogen-bond donors (Lipinski definition) is 2. The number of hydrazine groups is 1. The van der Waals surface area contributed by atoms with Gasteiger partial charge in [0, 0.05) is 18.7 Å². The molecule has 0 unspecified atom stereocenters. The quantitative estimate of drug-likeness (QED) is 0.584. The average molecular weight is 263 g/mol. The maximum Gasteiger partial charge on any atom is 0.148 e. The Labute approximate surface area is 115 Å². The van der Waals surface area contributed by atoms with Crippen LogP contribution in [-0.2, 0) is 6.42 Å². The highest BCUT2D eigenvalue weighted by molar-refractivity contribution is 5.58. The van der Waals surface area contributed by atoms with Crippen LogP contribution in [0.3, 0.4) is 0 Å². The third-order valence-electron chi connectivity index (χ3n) is 3.94. The van der Waals surface area contributed by atoms with E-state index in [0.29, 0.717) is 0 Å². The molecule has 5 nitrogen and oxygen atoms in total. The summed E-state index contributed by atoms with van der Waals surface area (Å²) < 4.78 is 0. The Morgan fingerprint density at radius 2 is 2.16 bits per heavy atom. The summed E-state index contributed by atoms with van der Waals surface area (Å²) in [4.78, 5) is 11.1. The number of aromatic nitrogens is 2. The number of nitrogens with zero attached hydrogens (tertiary/aromatic N) is 3. The summed E-state index contributed by atoms with van der Waals surface area (Å²) in [5.74, 6) is 8.22. The number of nitrogens with two attached hydrogens (primary N) is 1. The minimum absolute atomic E-state index is 0.763. The highest BCUT2D eigenvalue weighted by atomic mass is 15.3. The molecule has 1 aliphatic carbocycles. The molecule has 1 fully saturated rings. The molecule has 0 atom stereocenters. The van der Waals surface area contributed by atoms with Crippen LogP contribution in [0.5, 0.6) is 0 Å². The van der Waals surface area contributed by atoms with Gasteiger partial charge in [-0.1, -0.05) is 19.8 Å². The Bertz CT molecular complexity index is 403. The van der Waals surface area contributed by atoms with Crippen LogP contribution in [0.1, 0.15) is 45.1 Å². The average Bonchev–Trinajstić information content (AvgIpc) is 2.39. The van der Waals surface area contributed by atoms with Gasteiger partial charge in [0.1, 0.15) is 18.0 Å².